The number of hydrogen-bond donors (Lipinski definition) is 1. The Bertz CT molecular complexity index is 964. The molecule has 1 amide bonds. The minimum atomic E-state index is -3.81. The molecule has 0 heterocycles. The molecule has 0 aliphatic carbocycles. The third-order valence-corrected chi connectivity index (χ3v) is 6.94. The lowest BCUT2D eigenvalue weighted by Gasteiger charge is -2.22. The van der Waals surface area contributed by atoms with Gasteiger partial charge in [-0.3, -0.25) is 4.79 Å². The van der Waals surface area contributed by atoms with Gasteiger partial charge in [-0.15, -0.1) is 0 Å². The highest BCUT2D eigenvalue weighted by molar-refractivity contribution is 7.89. The number of amides is 1. The van der Waals surface area contributed by atoms with Crippen LogP contribution in [0.5, 0.6) is 5.75 Å². The Labute approximate surface area is 180 Å². The minimum absolute atomic E-state index is 0.154. The summed E-state index contributed by atoms with van der Waals surface area (Å²) in [5, 5.41) is 2.94. The molecule has 0 spiro atoms. The topological polar surface area (TPSA) is 75.7 Å². The number of likely N-dealkylation sites (N-methyl/N-ethyl adjacent to an activating group) is 1. The van der Waals surface area contributed by atoms with E-state index in [-0.39, 0.29) is 23.9 Å². The molecule has 2 aromatic carbocycles. The highest BCUT2D eigenvalue weighted by Gasteiger charge is 2.26. The van der Waals surface area contributed by atoms with E-state index in [9.17, 15) is 13.2 Å². The number of ether oxygens (including phenoxy) is 1. The van der Waals surface area contributed by atoms with Gasteiger partial charge in [0.15, 0.2) is 0 Å². The highest BCUT2D eigenvalue weighted by atomic mass is 32.2. The van der Waals surface area contributed by atoms with Crippen LogP contribution in [0.25, 0.3) is 0 Å². The summed E-state index contributed by atoms with van der Waals surface area (Å²) < 4.78 is 32.9. The maximum absolute atomic E-state index is 13.1. The molecule has 0 saturated carbocycles. The Morgan fingerprint density at radius 3 is 2.17 bits per heavy atom. The van der Waals surface area contributed by atoms with Gasteiger partial charge in [0.05, 0.1) is 18.0 Å². The van der Waals surface area contributed by atoms with Crippen molar-refractivity contribution in [3.05, 3.63) is 53.1 Å². The summed E-state index contributed by atoms with van der Waals surface area (Å²) >= 11 is 0. The van der Waals surface area contributed by atoms with Crippen molar-refractivity contribution in [2.24, 2.45) is 0 Å². The zero-order chi connectivity index (χ0) is 22.3. The van der Waals surface area contributed by atoms with Gasteiger partial charge in [-0.1, -0.05) is 39.0 Å². The number of nitrogens with zero attached hydrogens (tertiary/aromatic N) is 1. The Balaban J connectivity index is 2.24. The van der Waals surface area contributed by atoms with Crippen molar-refractivity contribution >= 4 is 21.6 Å². The maximum Gasteiger partial charge on any atom is 0.243 e. The standard InChI is InChI=1S/C23H32N2O4S/c1-6-18-11-10-12-19(7-2)23(18)24-22(26)16-25(8-3)30(27,28)20-13-14-21(29-9-4)17(5)15-20/h10-15H,6-9,16H2,1-5H3,(H,24,26). The summed E-state index contributed by atoms with van der Waals surface area (Å²) in [5.41, 5.74) is 3.60. The van der Waals surface area contributed by atoms with Gasteiger partial charge < -0.3 is 10.1 Å². The van der Waals surface area contributed by atoms with Gasteiger partial charge >= 0.3 is 0 Å². The molecular formula is C23H32N2O4S. The third-order valence-electron chi connectivity index (χ3n) is 5.02. The molecule has 2 aromatic rings. The summed E-state index contributed by atoms with van der Waals surface area (Å²) in [4.78, 5) is 12.9. The maximum atomic E-state index is 13.1. The first kappa shape index (κ1) is 23.9. The number of para-hydroxylation sites is 1. The molecular weight excluding hydrogens is 400 g/mol. The molecule has 0 atom stereocenters. The number of nitrogens with one attached hydrogen (secondary N) is 1. The van der Waals surface area contributed by atoms with Crippen molar-refractivity contribution in [1.82, 2.24) is 4.31 Å². The average molecular weight is 433 g/mol. The lowest BCUT2D eigenvalue weighted by atomic mass is 10.0. The summed E-state index contributed by atoms with van der Waals surface area (Å²) in [6, 6.07) is 10.7. The number of aryl methyl sites for hydroxylation is 3. The number of anilines is 1. The molecule has 164 valence electrons. The zero-order valence-corrected chi connectivity index (χ0v) is 19.3. The molecule has 0 aliphatic heterocycles. The molecule has 0 radical (unpaired) electrons. The second kappa shape index (κ2) is 10.6. The highest BCUT2D eigenvalue weighted by Crippen LogP contribution is 2.25. The largest absolute Gasteiger partial charge is 0.494 e. The van der Waals surface area contributed by atoms with E-state index < -0.39 is 10.0 Å². The van der Waals surface area contributed by atoms with Crippen LogP contribution in [0.1, 0.15) is 44.4 Å². The van der Waals surface area contributed by atoms with E-state index in [0.717, 1.165) is 35.2 Å². The summed E-state index contributed by atoms with van der Waals surface area (Å²) in [7, 11) is -3.81. The van der Waals surface area contributed by atoms with Crippen molar-refractivity contribution in [3.63, 3.8) is 0 Å². The molecule has 6 nitrogen and oxygen atoms in total. The van der Waals surface area contributed by atoms with Gasteiger partial charge in [0.25, 0.3) is 0 Å². The number of sulfonamides is 1. The van der Waals surface area contributed by atoms with Crippen molar-refractivity contribution in [2.75, 3.05) is 25.0 Å². The Morgan fingerprint density at radius 2 is 1.67 bits per heavy atom. The van der Waals surface area contributed by atoms with Gasteiger partial charge in [-0.2, -0.15) is 4.31 Å². The monoisotopic (exact) mass is 432 g/mol. The van der Waals surface area contributed by atoms with Crippen LogP contribution in [-0.4, -0.2) is 38.3 Å². The minimum Gasteiger partial charge on any atom is -0.494 e. The van der Waals surface area contributed by atoms with E-state index in [1.54, 1.807) is 26.0 Å². The predicted molar refractivity (Wildman–Crippen MR) is 121 cm³/mol. The van der Waals surface area contributed by atoms with Crippen molar-refractivity contribution in [3.8, 4) is 5.75 Å². The summed E-state index contributed by atoms with van der Waals surface area (Å²) in [6.45, 7) is 9.92. The third kappa shape index (κ3) is 5.40. The second-order valence-electron chi connectivity index (χ2n) is 7.00. The lowest BCUT2D eigenvalue weighted by molar-refractivity contribution is -0.116. The van der Waals surface area contributed by atoms with E-state index >= 15 is 0 Å². The van der Waals surface area contributed by atoms with E-state index in [1.807, 2.05) is 39.0 Å². The number of carbonyl (C=O) groups is 1. The zero-order valence-electron chi connectivity index (χ0n) is 18.5. The molecule has 0 aromatic heterocycles. The fourth-order valence-electron chi connectivity index (χ4n) is 3.36. The molecule has 2 rings (SSSR count). The molecule has 0 aliphatic rings. The Morgan fingerprint density at radius 1 is 1.03 bits per heavy atom. The predicted octanol–water partition coefficient (Wildman–Crippen LogP) is 4.17. The van der Waals surface area contributed by atoms with Crippen LogP contribution in [0.4, 0.5) is 5.69 Å². The van der Waals surface area contributed by atoms with Crippen LogP contribution >= 0.6 is 0 Å². The molecule has 0 saturated heterocycles. The van der Waals surface area contributed by atoms with Crippen LogP contribution in [0, 0.1) is 6.92 Å². The summed E-state index contributed by atoms with van der Waals surface area (Å²) in [6.07, 6.45) is 1.56. The second-order valence-corrected chi connectivity index (χ2v) is 8.94. The first-order valence-electron chi connectivity index (χ1n) is 10.4. The number of carbonyl (C=O) groups excluding carboxylic acids is 1. The van der Waals surface area contributed by atoms with Crippen LogP contribution in [0.3, 0.4) is 0 Å². The molecule has 0 fully saturated rings. The van der Waals surface area contributed by atoms with Crippen molar-refractivity contribution in [2.45, 2.75) is 52.4 Å². The fraction of sp³-hybridized carbons (Fsp3) is 0.435. The first-order chi connectivity index (χ1) is 14.3. The quantitative estimate of drug-likeness (QED) is 0.611. The summed E-state index contributed by atoms with van der Waals surface area (Å²) in [5.74, 6) is 0.305. The molecule has 30 heavy (non-hydrogen) atoms. The smallest absolute Gasteiger partial charge is 0.243 e. The van der Waals surface area contributed by atoms with Gasteiger partial charge in [0.2, 0.25) is 15.9 Å². The fourth-order valence-corrected chi connectivity index (χ4v) is 4.85. The number of hydrogen-bond acceptors (Lipinski definition) is 4. The molecule has 7 heteroatoms. The Kier molecular flexibility index (Phi) is 8.43. The Hall–Kier alpha value is -2.38. The molecule has 0 unspecified atom stereocenters. The van der Waals surface area contributed by atoms with Gasteiger partial charge in [0, 0.05) is 12.2 Å². The molecule has 1 N–H and O–H groups in total. The molecule has 0 bridgehead atoms. The normalized spacial score (nSPS) is 11.5. The number of rotatable bonds is 10. The van der Waals surface area contributed by atoms with Gasteiger partial charge in [-0.05, 0) is 61.6 Å². The van der Waals surface area contributed by atoms with Crippen LogP contribution in [0.15, 0.2) is 41.3 Å². The first-order valence-corrected chi connectivity index (χ1v) is 11.9. The lowest BCUT2D eigenvalue weighted by Crippen LogP contribution is -2.38. The van der Waals surface area contributed by atoms with Gasteiger partial charge in [0.1, 0.15) is 5.75 Å². The van der Waals surface area contributed by atoms with Crippen LogP contribution < -0.4 is 10.1 Å². The average Bonchev–Trinajstić information content (AvgIpc) is 2.73. The van der Waals surface area contributed by atoms with Crippen molar-refractivity contribution in [1.29, 1.82) is 0 Å². The van der Waals surface area contributed by atoms with E-state index in [4.69, 9.17) is 4.74 Å². The van der Waals surface area contributed by atoms with E-state index in [0.29, 0.717) is 12.4 Å². The van der Waals surface area contributed by atoms with Crippen LogP contribution in [-0.2, 0) is 27.7 Å². The van der Waals surface area contributed by atoms with Crippen molar-refractivity contribution < 1.29 is 17.9 Å². The number of benzene rings is 2. The van der Waals surface area contributed by atoms with E-state index in [2.05, 4.69) is 5.32 Å². The SMILES string of the molecule is CCOc1ccc(S(=O)(=O)N(CC)CC(=O)Nc2c(CC)cccc2CC)cc1C. The van der Waals surface area contributed by atoms with Gasteiger partial charge in [-0.25, -0.2) is 8.42 Å². The van der Waals surface area contributed by atoms with Crippen LogP contribution in [0.2, 0.25) is 0 Å². The van der Waals surface area contributed by atoms with E-state index in [1.165, 1.54) is 10.4 Å².